The van der Waals surface area contributed by atoms with Gasteiger partial charge in [0.25, 0.3) is 5.91 Å². The molecule has 5 heteroatoms. The molecular formula is C19H20N4O. The number of benzene rings is 2. The van der Waals surface area contributed by atoms with Gasteiger partial charge in [-0.3, -0.25) is 4.79 Å². The molecule has 0 aliphatic carbocycles. The van der Waals surface area contributed by atoms with Gasteiger partial charge in [-0.2, -0.15) is 0 Å². The van der Waals surface area contributed by atoms with Gasteiger partial charge in [0, 0.05) is 5.69 Å². The Bertz CT molecular complexity index is 871. The summed E-state index contributed by atoms with van der Waals surface area (Å²) in [4.78, 5) is 16.6. The number of hydrogen-bond acceptors (Lipinski definition) is 3. The maximum atomic E-state index is 12.5. The van der Waals surface area contributed by atoms with Crippen LogP contribution in [0.15, 0.2) is 42.7 Å². The van der Waals surface area contributed by atoms with Crippen molar-refractivity contribution in [2.75, 3.05) is 5.32 Å². The van der Waals surface area contributed by atoms with Gasteiger partial charge in [-0.1, -0.05) is 35.4 Å². The first-order valence-corrected chi connectivity index (χ1v) is 7.82. The molecule has 0 atom stereocenters. The van der Waals surface area contributed by atoms with E-state index in [0.717, 1.165) is 22.5 Å². The summed E-state index contributed by atoms with van der Waals surface area (Å²) in [5.41, 5.74) is 6.08. The van der Waals surface area contributed by atoms with E-state index in [2.05, 4.69) is 15.4 Å². The first-order valence-electron chi connectivity index (χ1n) is 7.82. The van der Waals surface area contributed by atoms with Crippen molar-refractivity contribution in [2.45, 2.75) is 27.7 Å². The smallest absolute Gasteiger partial charge is 0.295 e. The van der Waals surface area contributed by atoms with Crippen molar-refractivity contribution in [2.24, 2.45) is 0 Å². The zero-order valence-electron chi connectivity index (χ0n) is 14.3. The van der Waals surface area contributed by atoms with Gasteiger partial charge < -0.3 is 5.32 Å². The van der Waals surface area contributed by atoms with Crippen molar-refractivity contribution in [1.82, 2.24) is 14.8 Å². The molecule has 122 valence electrons. The van der Waals surface area contributed by atoms with Crippen LogP contribution in [0.2, 0.25) is 0 Å². The molecule has 2 aromatic carbocycles. The summed E-state index contributed by atoms with van der Waals surface area (Å²) in [6.07, 6.45) is 1.55. The molecule has 0 unspecified atom stereocenters. The number of hydrogen-bond donors (Lipinski definition) is 1. The van der Waals surface area contributed by atoms with Crippen LogP contribution < -0.4 is 5.32 Å². The average Bonchev–Trinajstić information content (AvgIpc) is 3.01. The molecule has 0 fully saturated rings. The Kier molecular flexibility index (Phi) is 4.16. The standard InChI is InChI=1S/C19H20N4O/c1-12-5-7-16(8-6-12)23-11-20-18(22-23)19(24)21-17-14(3)9-13(2)10-15(17)4/h5-11H,1-4H3,(H,21,24). The number of rotatable bonds is 3. The second kappa shape index (κ2) is 6.28. The number of carbonyl (C=O) groups excluding carboxylic acids is 1. The highest BCUT2D eigenvalue weighted by Crippen LogP contribution is 2.22. The lowest BCUT2D eigenvalue weighted by molar-refractivity contribution is 0.101. The third-order valence-electron chi connectivity index (χ3n) is 3.91. The molecule has 5 nitrogen and oxygen atoms in total. The maximum Gasteiger partial charge on any atom is 0.295 e. The van der Waals surface area contributed by atoms with Crippen LogP contribution in [0.4, 0.5) is 5.69 Å². The molecule has 24 heavy (non-hydrogen) atoms. The van der Waals surface area contributed by atoms with Gasteiger partial charge in [0.2, 0.25) is 5.82 Å². The van der Waals surface area contributed by atoms with E-state index in [4.69, 9.17) is 0 Å². The van der Waals surface area contributed by atoms with Crippen LogP contribution in [0.3, 0.4) is 0 Å². The van der Waals surface area contributed by atoms with Gasteiger partial charge in [-0.05, 0) is 51.0 Å². The molecular weight excluding hydrogens is 300 g/mol. The summed E-state index contributed by atoms with van der Waals surface area (Å²) in [5, 5.41) is 7.20. The second-order valence-electron chi connectivity index (χ2n) is 6.08. The first-order chi connectivity index (χ1) is 11.4. The minimum atomic E-state index is -0.309. The monoisotopic (exact) mass is 320 g/mol. The van der Waals surface area contributed by atoms with E-state index < -0.39 is 0 Å². The van der Waals surface area contributed by atoms with Crippen LogP contribution in [0.5, 0.6) is 0 Å². The fraction of sp³-hybridized carbons (Fsp3) is 0.211. The highest BCUT2D eigenvalue weighted by Gasteiger charge is 2.15. The van der Waals surface area contributed by atoms with Crippen molar-refractivity contribution in [3.05, 3.63) is 70.8 Å². The van der Waals surface area contributed by atoms with Crippen LogP contribution in [0, 0.1) is 27.7 Å². The fourth-order valence-corrected chi connectivity index (χ4v) is 2.74. The van der Waals surface area contributed by atoms with Crippen molar-refractivity contribution >= 4 is 11.6 Å². The predicted molar refractivity (Wildman–Crippen MR) is 94.7 cm³/mol. The van der Waals surface area contributed by atoms with E-state index in [-0.39, 0.29) is 11.7 Å². The third kappa shape index (κ3) is 3.20. The summed E-state index contributed by atoms with van der Waals surface area (Å²) in [7, 11) is 0. The average molecular weight is 320 g/mol. The molecule has 0 radical (unpaired) electrons. The van der Waals surface area contributed by atoms with Gasteiger partial charge in [0.05, 0.1) is 5.69 Å². The Morgan fingerprint density at radius 2 is 1.58 bits per heavy atom. The maximum absolute atomic E-state index is 12.5. The van der Waals surface area contributed by atoms with Gasteiger partial charge in [-0.25, -0.2) is 9.67 Å². The van der Waals surface area contributed by atoms with Crippen molar-refractivity contribution in [3.63, 3.8) is 0 Å². The summed E-state index contributed by atoms with van der Waals surface area (Å²) in [5.74, 6) is -0.161. The van der Waals surface area contributed by atoms with Gasteiger partial charge in [0.15, 0.2) is 0 Å². The van der Waals surface area contributed by atoms with Crippen LogP contribution in [-0.2, 0) is 0 Å². The van der Waals surface area contributed by atoms with E-state index >= 15 is 0 Å². The topological polar surface area (TPSA) is 59.8 Å². The van der Waals surface area contributed by atoms with Gasteiger partial charge in [0.1, 0.15) is 6.33 Å². The zero-order valence-corrected chi connectivity index (χ0v) is 14.3. The molecule has 0 saturated carbocycles. The molecule has 0 bridgehead atoms. The first kappa shape index (κ1) is 15.9. The van der Waals surface area contributed by atoms with E-state index in [9.17, 15) is 4.79 Å². The normalized spacial score (nSPS) is 10.7. The number of aryl methyl sites for hydroxylation is 4. The van der Waals surface area contributed by atoms with E-state index in [1.807, 2.05) is 64.1 Å². The fourth-order valence-electron chi connectivity index (χ4n) is 2.74. The summed E-state index contributed by atoms with van der Waals surface area (Å²) in [6, 6.07) is 12.0. The number of carbonyl (C=O) groups is 1. The molecule has 0 aliphatic heterocycles. The minimum absolute atomic E-state index is 0.148. The highest BCUT2D eigenvalue weighted by atomic mass is 16.2. The molecule has 1 heterocycles. The Morgan fingerprint density at radius 1 is 0.958 bits per heavy atom. The van der Waals surface area contributed by atoms with Gasteiger partial charge in [-0.15, -0.1) is 5.10 Å². The molecule has 1 amide bonds. The van der Waals surface area contributed by atoms with Crippen LogP contribution >= 0.6 is 0 Å². The Hall–Kier alpha value is -2.95. The van der Waals surface area contributed by atoms with Crippen LogP contribution in [0.25, 0.3) is 5.69 Å². The number of nitrogens with one attached hydrogen (secondary N) is 1. The summed E-state index contributed by atoms with van der Waals surface area (Å²) in [6.45, 7) is 8.02. The molecule has 0 aliphatic rings. The van der Waals surface area contributed by atoms with E-state index in [0.29, 0.717) is 0 Å². The summed E-state index contributed by atoms with van der Waals surface area (Å²) >= 11 is 0. The molecule has 0 saturated heterocycles. The third-order valence-corrected chi connectivity index (χ3v) is 3.91. The predicted octanol–water partition coefficient (Wildman–Crippen LogP) is 3.75. The van der Waals surface area contributed by atoms with Crippen molar-refractivity contribution < 1.29 is 4.79 Å². The lowest BCUT2D eigenvalue weighted by atomic mass is 10.1. The number of anilines is 1. The minimum Gasteiger partial charge on any atom is -0.319 e. The van der Waals surface area contributed by atoms with Crippen LogP contribution in [-0.4, -0.2) is 20.7 Å². The van der Waals surface area contributed by atoms with Crippen molar-refractivity contribution in [1.29, 1.82) is 0 Å². The molecule has 3 rings (SSSR count). The molecule has 3 aromatic rings. The quantitative estimate of drug-likeness (QED) is 0.799. The number of amides is 1. The van der Waals surface area contributed by atoms with E-state index in [1.54, 1.807) is 11.0 Å². The van der Waals surface area contributed by atoms with Crippen LogP contribution in [0.1, 0.15) is 32.9 Å². The lowest BCUT2D eigenvalue weighted by Gasteiger charge is -2.11. The molecule has 1 N–H and O–H groups in total. The molecule has 1 aromatic heterocycles. The Balaban J connectivity index is 1.83. The Labute approximate surface area is 141 Å². The second-order valence-corrected chi connectivity index (χ2v) is 6.08. The summed E-state index contributed by atoms with van der Waals surface area (Å²) < 4.78 is 1.60. The zero-order chi connectivity index (χ0) is 17.3. The number of nitrogens with zero attached hydrogens (tertiary/aromatic N) is 3. The van der Waals surface area contributed by atoms with E-state index in [1.165, 1.54) is 11.1 Å². The molecule has 0 spiro atoms. The lowest BCUT2D eigenvalue weighted by Crippen LogP contribution is -2.16. The Morgan fingerprint density at radius 3 is 2.21 bits per heavy atom. The highest BCUT2D eigenvalue weighted by molar-refractivity contribution is 6.02. The SMILES string of the molecule is Cc1ccc(-n2cnc(C(=O)Nc3c(C)cc(C)cc3C)n2)cc1. The van der Waals surface area contributed by atoms with Gasteiger partial charge >= 0.3 is 0 Å². The largest absolute Gasteiger partial charge is 0.319 e. The van der Waals surface area contributed by atoms with Crippen molar-refractivity contribution in [3.8, 4) is 5.69 Å². The number of aromatic nitrogens is 3.